The normalized spacial score (nSPS) is 10.7. The fraction of sp³-hybridized carbons (Fsp3) is 0.103. The Balaban J connectivity index is 1.48. The Morgan fingerprint density at radius 2 is 0.697 bits per heavy atom. The van der Waals surface area contributed by atoms with Gasteiger partial charge in [0, 0.05) is 0 Å². The average Bonchev–Trinajstić information content (AvgIpc) is 2.88. The van der Waals surface area contributed by atoms with Gasteiger partial charge in [0.25, 0.3) is 0 Å². The Hall–Kier alpha value is -4.18. The van der Waals surface area contributed by atoms with Crippen LogP contribution in [-0.4, -0.2) is 11.8 Å². The van der Waals surface area contributed by atoms with Gasteiger partial charge >= 0.3 is 0 Å². The number of amides is 2. The number of carbonyl (C=O) groups is 2. The van der Waals surface area contributed by atoms with Crippen molar-refractivity contribution in [2.24, 2.45) is 0 Å². The van der Waals surface area contributed by atoms with Crippen molar-refractivity contribution in [2.45, 2.75) is 18.5 Å². The van der Waals surface area contributed by atoms with Crippen LogP contribution in [0.2, 0.25) is 0 Å². The molecule has 4 aromatic rings. The number of benzene rings is 4. The topological polar surface area (TPSA) is 58.2 Å². The smallest absolute Gasteiger partial charge is 0.230 e. The van der Waals surface area contributed by atoms with E-state index < -0.39 is 0 Å². The molecule has 164 valence electrons. The van der Waals surface area contributed by atoms with Crippen molar-refractivity contribution < 1.29 is 9.59 Å². The zero-order valence-corrected chi connectivity index (χ0v) is 18.2. The van der Waals surface area contributed by atoms with Crippen molar-refractivity contribution in [1.29, 1.82) is 0 Å². The van der Waals surface area contributed by atoms with Crippen molar-refractivity contribution in [3.8, 4) is 0 Å². The van der Waals surface area contributed by atoms with E-state index in [-0.39, 0.29) is 30.3 Å². The van der Waals surface area contributed by atoms with Gasteiger partial charge < -0.3 is 10.6 Å². The molecule has 0 bridgehead atoms. The van der Waals surface area contributed by atoms with Crippen LogP contribution in [0.3, 0.4) is 0 Å². The molecule has 0 aromatic heterocycles. The summed E-state index contributed by atoms with van der Waals surface area (Å²) in [5, 5.41) is 6.07. The van der Waals surface area contributed by atoms with Crippen molar-refractivity contribution in [3.63, 3.8) is 0 Å². The first kappa shape index (κ1) is 22.0. The maximum atomic E-state index is 12.9. The fourth-order valence-corrected chi connectivity index (χ4v) is 3.87. The molecule has 4 nitrogen and oxygen atoms in total. The third kappa shape index (κ3) is 5.95. The Morgan fingerprint density at radius 1 is 0.455 bits per heavy atom. The summed E-state index contributed by atoms with van der Waals surface area (Å²) in [7, 11) is 0. The quantitative estimate of drug-likeness (QED) is 0.375. The standard InChI is InChI=1S/C29H26N2O2/c32-26(30-28(22-13-5-1-6-14-22)23-15-7-2-8-16-23)21-27(33)31-29(24-17-9-3-10-18-24)25-19-11-4-12-20-25/h1-20,28-29H,21H2,(H,30,32)(H,31,33). The van der Waals surface area contributed by atoms with Crippen LogP contribution in [0.5, 0.6) is 0 Å². The summed E-state index contributed by atoms with van der Waals surface area (Å²) in [4.78, 5) is 25.8. The minimum atomic E-state index is -0.329. The Kier molecular flexibility index (Phi) is 7.29. The molecule has 2 amide bonds. The molecule has 0 aliphatic rings. The van der Waals surface area contributed by atoms with E-state index in [1.165, 1.54) is 0 Å². The molecular weight excluding hydrogens is 408 g/mol. The van der Waals surface area contributed by atoms with E-state index in [1.807, 2.05) is 121 Å². The third-order valence-corrected chi connectivity index (χ3v) is 5.46. The molecule has 0 saturated carbocycles. The molecular formula is C29H26N2O2. The lowest BCUT2D eigenvalue weighted by Crippen LogP contribution is -2.36. The van der Waals surface area contributed by atoms with E-state index in [0.29, 0.717) is 0 Å². The second-order valence-electron chi connectivity index (χ2n) is 7.82. The van der Waals surface area contributed by atoms with Crippen LogP contribution in [-0.2, 0) is 9.59 Å². The molecule has 33 heavy (non-hydrogen) atoms. The highest BCUT2D eigenvalue weighted by Crippen LogP contribution is 2.23. The van der Waals surface area contributed by atoms with Crippen molar-refractivity contribution in [2.75, 3.05) is 0 Å². The summed E-state index contributed by atoms with van der Waals surface area (Å²) in [6.07, 6.45) is -0.258. The van der Waals surface area contributed by atoms with Gasteiger partial charge in [0.15, 0.2) is 0 Å². The summed E-state index contributed by atoms with van der Waals surface area (Å²) in [5.74, 6) is -0.657. The number of carbonyl (C=O) groups excluding carboxylic acids is 2. The lowest BCUT2D eigenvalue weighted by atomic mass is 9.98. The van der Waals surface area contributed by atoms with E-state index in [4.69, 9.17) is 0 Å². The van der Waals surface area contributed by atoms with E-state index in [9.17, 15) is 9.59 Å². The third-order valence-electron chi connectivity index (χ3n) is 5.46. The second kappa shape index (κ2) is 10.9. The van der Waals surface area contributed by atoms with Crippen molar-refractivity contribution >= 4 is 11.8 Å². The van der Waals surface area contributed by atoms with Crippen LogP contribution in [0, 0.1) is 0 Å². The van der Waals surface area contributed by atoms with E-state index >= 15 is 0 Å². The van der Waals surface area contributed by atoms with Gasteiger partial charge in [-0.15, -0.1) is 0 Å². The summed E-state index contributed by atoms with van der Waals surface area (Å²) < 4.78 is 0. The largest absolute Gasteiger partial charge is 0.345 e. The Morgan fingerprint density at radius 3 is 0.939 bits per heavy atom. The summed E-state index contributed by atoms with van der Waals surface area (Å²) in [6.45, 7) is 0. The maximum absolute atomic E-state index is 12.9. The van der Waals surface area contributed by atoms with Crippen LogP contribution < -0.4 is 10.6 Å². The molecule has 0 saturated heterocycles. The highest BCUT2D eigenvalue weighted by Gasteiger charge is 2.21. The minimum absolute atomic E-state index is 0.258. The monoisotopic (exact) mass is 434 g/mol. The molecule has 0 spiro atoms. The van der Waals surface area contributed by atoms with Gasteiger partial charge in [-0.2, -0.15) is 0 Å². The van der Waals surface area contributed by atoms with Crippen LogP contribution in [0.1, 0.15) is 40.8 Å². The average molecular weight is 435 g/mol. The first-order valence-electron chi connectivity index (χ1n) is 11.0. The summed E-state index contributed by atoms with van der Waals surface area (Å²) >= 11 is 0. The van der Waals surface area contributed by atoms with Crippen LogP contribution >= 0.6 is 0 Å². The van der Waals surface area contributed by atoms with Gasteiger partial charge in [-0.05, 0) is 22.3 Å². The molecule has 0 aliphatic carbocycles. The summed E-state index contributed by atoms with van der Waals surface area (Å²) in [6, 6.07) is 38.4. The van der Waals surface area contributed by atoms with E-state index in [1.54, 1.807) is 0 Å². The highest BCUT2D eigenvalue weighted by molar-refractivity contribution is 5.97. The predicted molar refractivity (Wildman–Crippen MR) is 130 cm³/mol. The zero-order chi connectivity index (χ0) is 22.9. The molecule has 4 rings (SSSR count). The number of hydrogen-bond acceptors (Lipinski definition) is 2. The maximum Gasteiger partial charge on any atom is 0.230 e. The first-order chi connectivity index (χ1) is 16.2. The second-order valence-corrected chi connectivity index (χ2v) is 7.82. The van der Waals surface area contributed by atoms with Crippen LogP contribution in [0.4, 0.5) is 0 Å². The predicted octanol–water partition coefficient (Wildman–Crippen LogP) is 5.19. The number of hydrogen-bond donors (Lipinski definition) is 2. The fourth-order valence-electron chi connectivity index (χ4n) is 3.87. The number of rotatable bonds is 8. The minimum Gasteiger partial charge on any atom is -0.345 e. The van der Waals surface area contributed by atoms with Crippen LogP contribution in [0.25, 0.3) is 0 Å². The number of nitrogens with one attached hydrogen (secondary N) is 2. The van der Waals surface area contributed by atoms with Gasteiger partial charge in [-0.3, -0.25) is 9.59 Å². The molecule has 2 N–H and O–H groups in total. The van der Waals surface area contributed by atoms with Gasteiger partial charge in [0.1, 0.15) is 6.42 Å². The van der Waals surface area contributed by atoms with Gasteiger partial charge in [-0.1, -0.05) is 121 Å². The molecule has 0 heterocycles. The van der Waals surface area contributed by atoms with Gasteiger partial charge in [-0.25, -0.2) is 0 Å². The zero-order valence-electron chi connectivity index (χ0n) is 18.2. The van der Waals surface area contributed by atoms with Crippen LogP contribution in [0.15, 0.2) is 121 Å². The Bertz CT molecular complexity index is 989. The lowest BCUT2D eigenvalue weighted by molar-refractivity contribution is -0.129. The SMILES string of the molecule is O=C(CC(=O)NC(c1ccccc1)c1ccccc1)NC(c1ccccc1)c1ccccc1. The molecule has 0 fully saturated rings. The first-order valence-corrected chi connectivity index (χ1v) is 11.0. The molecule has 0 atom stereocenters. The van der Waals surface area contributed by atoms with E-state index in [0.717, 1.165) is 22.3 Å². The molecule has 0 aliphatic heterocycles. The van der Waals surface area contributed by atoms with Crippen molar-refractivity contribution in [1.82, 2.24) is 10.6 Å². The summed E-state index contributed by atoms with van der Waals surface area (Å²) in [5.41, 5.74) is 3.85. The highest BCUT2D eigenvalue weighted by atomic mass is 16.2. The molecule has 4 heteroatoms. The van der Waals surface area contributed by atoms with Crippen molar-refractivity contribution in [3.05, 3.63) is 144 Å². The van der Waals surface area contributed by atoms with Gasteiger partial charge in [0.05, 0.1) is 12.1 Å². The van der Waals surface area contributed by atoms with E-state index in [2.05, 4.69) is 10.6 Å². The molecule has 0 unspecified atom stereocenters. The lowest BCUT2D eigenvalue weighted by Gasteiger charge is -2.22. The Labute approximate surface area is 194 Å². The molecule has 4 aromatic carbocycles. The van der Waals surface area contributed by atoms with Gasteiger partial charge in [0.2, 0.25) is 11.8 Å². The molecule has 0 radical (unpaired) electrons.